The molecule has 0 saturated carbocycles. The zero-order chi connectivity index (χ0) is 13.9. The van der Waals surface area contributed by atoms with Crippen LogP contribution in [0.1, 0.15) is 12.0 Å². The maximum Gasteiger partial charge on any atom is 0.223 e. The minimum absolute atomic E-state index is 0.0390. The highest BCUT2D eigenvalue weighted by Gasteiger charge is 2.20. The van der Waals surface area contributed by atoms with E-state index in [0.717, 1.165) is 5.56 Å². The van der Waals surface area contributed by atoms with Gasteiger partial charge in [-0.15, -0.1) is 0 Å². The summed E-state index contributed by atoms with van der Waals surface area (Å²) in [5.74, 6) is -0.442. The molecule has 18 heavy (non-hydrogen) atoms. The Labute approximate surface area is 108 Å². The number of nitrogens with two attached hydrogens (primary N) is 1. The molecule has 0 unspecified atom stereocenters. The minimum Gasteiger partial charge on any atom is -0.397 e. The molecular weight excluding hydrogens is 252 g/mol. The fourth-order valence-corrected chi connectivity index (χ4v) is 2.93. The second-order valence-electron chi connectivity index (χ2n) is 4.34. The van der Waals surface area contributed by atoms with Gasteiger partial charge in [0.2, 0.25) is 5.91 Å². The highest BCUT2D eigenvalue weighted by Crippen LogP contribution is 2.23. The van der Waals surface area contributed by atoms with Gasteiger partial charge in [0.25, 0.3) is 0 Å². The molecule has 5 nitrogen and oxygen atoms in total. The standard InChI is InChI=1S/C12H18N2O3S/c1-9-5-4-6-10(12(9)13)18(16,17)8-7-11(15)14(2)3/h4-6H,7-8,13H2,1-3H3. The quantitative estimate of drug-likeness (QED) is 0.822. The number of carbonyl (C=O) groups is 1. The number of carbonyl (C=O) groups excluding carboxylic acids is 1. The van der Waals surface area contributed by atoms with Gasteiger partial charge in [-0.25, -0.2) is 8.42 Å². The Balaban J connectivity index is 2.94. The highest BCUT2D eigenvalue weighted by atomic mass is 32.2. The van der Waals surface area contributed by atoms with Gasteiger partial charge in [0.1, 0.15) is 0 Å². The first-order chi connectivity index (χ1) is 8.25. The molecule has 1 aromatic carbocycles. The van der Waals surface area contributed by atoms with E-state index in [1.165, 1.54) is 11.0 Å². The van der Waals surface area contributed by atoms with Crippen LogP contribution in [0.4, 0.5) is 5.69 Å². The van der Waals surface area contributed by atoms with Crippen LogP contribution in [0.3, 0.4) is 0 Å². The number of aryl methyl sites for hydroxylation is 1. The van der Waals surface area contributed by atoms with Crippen LogP contribution in [0, 0.1) is 6.92 Å². The lowest BCUT2D eigenvalue weighted by Gasteiger charge is -2.12. The van der Waals surface area contributed by atoms with Crippen molar-refractivity contribution in [2.24, 2.45) is 0 Å². The van der Waals surface area contributed by atoms with Crippen LogP contribution < -0.4 is 5.73 Å². The monoisotopic (exact) mass is 270 g/mol. The van der Waals surface area contributed by atoms with E-state index in [1.54, 1.807) is 33.2 Å². The molecule has 0 aliphatic carbocycles. The molecule has 1 amide bonds. The van der Waals surface area contributed by atoms with Crippen LogP contribution in [0.2, 0.25) is 0 Å². The summed E-state index contributed by atoms with van der Waals surface area (Å²) in [5, 5.41) is 0. The lowest BCUT2D eigenvalue weighted by Crippen LogP contribution is -2.24. The van der Waals surface area contributed by atoms with Gasteiger partial charge in [-0.1, -0.05) is 12.1 Å². The van der Waals surface area contributed by atoms with E-state index in [-0.39, 0.29) is 28.7 Å². The Morgan fingerprint density at radius 1 is 1.33 bits per heavy atom. The summed E-state index contributed by atoms with van der Waals surface area (Å²) in [6.07, 6.45) is -0.0390. The van der Waals surface area contributed by atoms with Crippen LogP contribution in [0.5, 0.6) is 0 Å². The topological polar surface area (TPSA) is 80.5 Å². The molecule has 100 valence electrons. The predicted molar refractivity (Wildman–Crippen MR) is 71.0 cm³/mol. The number of nitrogen functional groups attached to an aromatic ring is 1. The molecule has 0 spiro atoms. The van der Waals surface area contributed by atoms with Crippen molar-refractivity contribution in [1.82, 2.24) is 4.90 Å². The Morgan fingerprint density at radius 2 is 1.94 bits per heavy atom. The summed E-state index contributed by atoms with van der Waals surface area (Å²) in [6, 6.07) is 4.86. The van der Waals surface area contributed by atoms with E-state index >= 15 is 0 Å². The lowest BCUT2D eigenvalue weighted by atomic mass is 10.2. The van der Waals surface area contributed by atoms with E-state index in [2.05, 4.69) is 0 Å². The van der Waals surface area contributed by atoms with E-state index < -0.39 is 9.84 Å². The molecule has 0 fully saturated rings. The lowest BCUT2D eigenvalue weighted by molar-refractivity contribution is -0.128. The highest BCUT2D eigenvalue weighted by molar-refractivity contribution is 7.91. The molecule has 0 aromatic heterocycles. The molecule has 1 rings (SSSR count). The van der Waals surface area contributed by atoms with Gasteiger partial charge in [0.05, 0.1) is 16.3 Å². The van der Waals surface area contributed by atoms with Crippen molar-refractivity contribution >= 4 is 21.4 Å². The number of para-hydroxylation sites is 1. The first-order valence-electron chi connectivity index (χ1n) is 5.53. The van der Waals surface area contributed by atoms with Crippen LogP contribution in [-0.4, -0.2) is 39.1 Å². The van der Waals surface area contributed by atoms with Crippen LogP contribution >= 0.6 is 0 Å². The number of hydrogen-bond donors (Lipinski definition) is 1. The van der Waals surface area contributed by atoms with E-state index in [9.17, 15) is 13.2 Å². The molecule has 1 aromatic rings. The molecule has 0 heterocycles. The fraction of sp³-hybridized carbons (Fsp3) is 0.417. The van der Waals surface area contributed by atoms with Crippen molar-refractivity contribution in [3.05, 3.63) is 23.8 Å². The second kappa shape index (κ2) is 5.39. The van der Waals surface area contributed by atoms with Crippen LogP contribution in [0.15, 0.2) is 23.1 Å². The van der Waals surface area contributed by atoms with Crippen molar-refractivity contribution in [2.75, 3.05) is 25.6 Å². The maximum atomic E-state index is 12.1. The van der Waals surface area contributed by atoms with Gasteiger partial charge in [-0.05, 0) is 18.6 Å². The third-order valence-corrected chi connectivity index (χ3v) is 4.47. The minimum atomic E-state index is -3.51. The number of rotatable bonds is 4. The molecule has 0 atom stereocenters. The Hall–Kier alpha value is -1.56. The molecule has 6 heteroatoms. The summed E-state index contributed by atoms with van der Waals surface area (Å²) in [7, 11) is -0.328. The van der Waals surface area contributed by atoms with Crippen LogP contribution in [0.25, 0.3) is 0 Å². The average Bonchev–Trinajstić information content (AvgIpc) is 2.29. The smallest absolute Gasteiger partial charge is 0.223 e. The van der Waals surface area contributed by atoms with Gasteiger partial charge in [-0.3, -0.25) is 4.79 Å². The number of amides is 1. The van der Waals surface area contributed by atoms with E-state index in [1.807, 2.05) is 0 Å². The van der Waals surface area contributed by atoms with Gasteiger partial charge >= 0.3 is 0 Å². The van der Waals surface area contributed by atoms with Crippen molar-refractivity contribution in [3.8, 4) is 0 Å². The molecule has 0 saturated heterocycles. The number of benzene rings is 1. The molecule has 0 aliphatic heterocycles. The molecule has 2 N–H and O–H groups in total. The Morgan fingerprint density at radius 3 is 2.50 bits per heavy atom. The maximum absolute atomic E-state index is 12.1. The number of sulfone groups is 1. The predicted octanol–water partition coefficient (Wildman–Crippen LogP) is 0.829. The normalized spacial score (nSPS) is 11.3. The zero-order valence-corrected chi connectivity index (χ0v) is 11.6. The zero-order valence-electron chi connectivity index (χ0n) is 10.8. The Kier molecular flexibility index (Phi) is 4.34. The summed E-state index contributed by atoms with van der Waals surface area (Å²) < 4.78 is 24.2. The van der Waals surface area contributed by atoms with Crippen molar-refractivity contribution in [1.29, 1.82) is 0 Å². The largest absolute Gasteiger partial charge is 0.397 e. The molecule has 0 aliphatic rings. The average molecular weight is 270 g/mol. The number of nitrogens with zero attached hydrogens (tertiary/aromatic N) is 1. The van der Waals surface area contributed by atoms with Gasteiger partial charge in [0, 0.05) is 20.5 Å². The van der Waals surface area contributed by atoms with E-state index in [4.69, 9.17) is 5.73 Å². The summed E-state index contributed by atoms with van der Waals surface area (Å²) in [4.78, 5) is 12.9. The van der Waals surface area contributed by atoms with Gasteiger partial charge < -0.3 is 10.6 Å². The number of anilines is 1. The molecule has 0 radical (unpaired) electrons. The van der Waals surface area contributed by atoms with Gasteiger partial charge in [-0.2, -0.15) is 0 Å². The Bertz CT molecular complexity index is 550. The molecular formula is C12H18N2O3S. The summed E-state index contributed by atoms with van der Waals surface area (Å²) in [6.45, 7) is 1.75. The van der Waals surface area contributed by atoms with Crippen LogP contribution in [-0.2, 0) is 14.6 Å². The SMILES string of the molecule is Cc1cccc(S(=O)(=O)CCC(=O)N(C)C)c1N. The third-order valence-electron chi connectivity index (χ3n) is 2.70. The first-order valence-corrected chi connectivity index (χ1v) is 7.19. The fourth-order valence-electron chi connectivity index (χ4n) is 1.48. The summed E-state index contributed by atoms with van der Waals surface area (Å²) >= 11 is 0. The van der Waals surface area contributed by atoms with Crippen molar-refractivity contribution < 1.29 is 13.2 Å². The molecule has 0 bridgehead atoms. The van der Waals surface area contributed by atoms with E-state index in [0.29, 0.717) is 0 Å². The van der Waals surface area contributed by atoms with Crippen molar-refractivity contribution in [3.63, 3.8) is 0 Å². The second-order valence-corrected chi connectivity index (χ2v) is 6.42. The van der Waals surface area contributed by atoms with Crippen molar-refractivity contribution in [2.45, 2.75) is 18.2 Å². The number of hydrogen-bond acceptors (Lipinski definition) is 4. The van der Waals surface area contributed by atoms with Gasteiger partial charge in [0.15, 0.2) is 9.84 Å². The first kappa shape index (κ1) is 14.5. The summed E-state index contributed by atoms with van der Waals surface area (Å²) in [5.41, 5.74) is 6.74. The third kappa shape index (κ3) is 3.22.